The fraction of sp³-hybridized carbons (Fsp3) is 0.308. The monoisotopic (exact) mass is 295 g/mol. The number of benzene rings is 1. The number of carboxylic acid groups (broad SMARTS) is 1. The number of carbonyl (C=O) groups excluding carboxylic acids is 2. The van der Waals surface area contributed by atoms with Crippen molar-refractivity contribution in [2.75, 3.05) is 7.11 Å². The number of urea groups is 1. The number of methoxy groups -OCH3 is 1. The van der Waals surface area contributed by atoms with Gasteiger partial charge < -0.3 is 26.2 Å². The second-order valence-electron chi connectivity index (χ2n) is 4.20. The van der Waals surface area contributed by atoms with Gasteiger partial charge in [0, 0.05) is 12.1 Å². The predicted molar refractivity (Wildman–Crippen MR) is 73.6 cm³/mol. The topological polar surface area (TPSA) is 131 Å². The first-order valence-corrected chi connectivity index (χ1v) is 6.11. The molecule has 0 aliphatic heterocycles. The molecule has 0 unspecified atom stereocenters. The van der Waals surface area contributed by atoms with Gasteiger partial charge in [0.05, 0.1) is 13.5 Å². The molecule has 8 heteroatoms. The van der Waals surface area contributed by atoms with Crippen molar-refractivity contribution >= 4 is 17.9 Å². The number of amides is 3. The van der Waals surface area contributed by atoms with Crippen molar-refractivity contribution in [3.8, 4) is 5.75 Å². The van der Waals surface area contributed by atoms with Crippen LogP contribution in [0.4, 0.5) is 4.79 Å². The number of primary amides is 1. The third-order valence-corrected chi connectivity index (χ3v) is 2.64. The Morgan fingerprint density at radius 3 is 2.57 bits per heavy atom. The van der Waals surface area contributed by atoms with Crippen molar-refractivity contribution in [1.82, 2.24) is 10.6 Å². The molecule has 3 amide bonds. The average Bonchev–Trinajstić information content (AvgIpc) is 2.44. The molecule has 0 saturated carbocycles. The summed E-state index contributed by atoms with van der Waals surface area (Å²) in [5, 5.41) is 13.5. The van der Waals surface area contributed by atoms with E-state index in [1.54, 1.807) is 24.3 Å². The van der Waals surface area contributed by atoms with Crippen molar-refractivity contribution in [2.24, 2.45) is 5.73 Å². The Kier molecular flexibility index (Phi) is 5.99. The molecule has 1 aromatic rings. The van der Waals surface area contributed by atoms with Crippen LogP contribution in [0.3, 0.4) is 0 Å². The van der Waals surface area contributed by atoms with Crippen LogP contribution in [0, 0.1) is 0 Å². The minimum absolute atomic E-state index is 0.152. The number of nitrogens with two attached hydrogens (primary N) is 1. The molecule has 0 fully saturated rings. The summed E-state index contributed by atoms with van der Waals surface area (Å²) < 4.78 is 5.12. The molecule has 114 valence electrons. The average molecular weight is 295 g/mol. The summed E-state index contributed by atoms with van der Waals surface area (Å²) in [6.07, 6.45) is -0.475. The number of rotatable bonds is 7. The Bertz CT molecular complexity index is 532. The Morgan fingerprint density at radius 1 is 1.33 bits per heavy atom. The number of hydrogen-bond acceptors (Lipinski definition) is 4. The second-order valence-corrected chi connectivity index (χ2v) is 4.20. The molecule has 1 atom stereocenters. The molecule has 0 aliphatic rings. The normalized spacial score (nSPS) is 11.3. The van der Waals surface area contributed by atoms with Crippen LogP contribution >= 0.6 is 0 Å². The smallest absolute Gasteiger partial charge is 0.326 e. The summed E-state index contributed by atoms with van der Waals surface area (Å²) in [5.74, 6) is -1.54. The van der Waals surface area contributed by atoms with E-state index in [9.17, 15) is 14.4 Å². The molecule has 21 heavy (non-hydrogen) atoms. The van der Waals surface area contributed by atoms with Crippen LogP contribution in [-0.4, -0.2) is 36.2 Å². The predicted octanol–water partition coefficient (Wildman–Crippen LogP) is -0.177. The molecule has 0 saturated heterocycles. The molecule has 1 aromatic carbocycles. The maximum Gasteiger partial charge on any atom is 0.326 e. The third kappa shape index (κ3) is 5.39. The molecule has 5 N–H and O–H groups in total. The lowest BCUT2D eigenvalue weighted by Gasteiger charge is -2.14. The zero-order chi connectivity index (χ0) is 15.8. The van der Waals surface area contributed by atoms with Crippen molar-refractivity contribution in [3.63, 3.8) is 0 Å². The number of hydrogen-bond donors (Lipinski definition) is 4. The van der Waals surface area contributed by atoms with E-state index in [0.29, 0.717) is 5.75 Å². The number of carboxylic acids is 1. The minimum atomic E-state index is -1.36. The highest BCUT2D eigenvalue weighted by Crippen LogP contribution is 2.16. The first-order valence-electron chi connectivity index (χ1n) is 6.11. The molecule has 0 heterocycles. The summed E-state index contributed by atoms with van der Waals surface area (Å²) >= 11 is 0. The summed E-state index contributed by atoms with van der Waals surface area (Å²) in [5.41, 5.74) is 5.65. The third-order valence-electron chi connectivity index (χ3n) is 2.64. The lowest BCUT2D eigenvalue weighted by atomic mass is 10.2. The van der Waals surface area contributed by atoms with Gasteiger partial charge >= 0.3 is 12.0 Å². The number of ether oxygens (including phenoxy) is 1. The molecular formula is C13H17N3O5. The zero-order valence-corrected chi connectivity index (χ0v) is 11.5. The van der Waals surface area contributed by atoms with E-state index in [-0.39, 0.29) is 6.54 Å². The summed E-state index contributed by atoms with van der Waals surface area (Å²) in [6.45, 7) is 0.152. The highest BCUT2D eigenvalue weighted by Gasteiger charge is 2.21. The van der Waals surface area contributed by atoms with Crippen LogP contribution in [-0.2, 0) is 16.1 Å². The Hall–Kier alpha value is -2.77. The fourth-order valence-electron chi connectivity index (χ4n) is 1.64. The van der Waals surface area contributed by atoms with Crippen molar-refractivity contribution in [3.05, 3.63) is 29.8 Å². The van der Waals surface area contributed by atoms with Gasteiger partial charge in [0.25, 0.3) is 0 Å². The lowest BCUT2D eigenvalue weighted by molar-refractivity contribution is -0.140. The van der Waals surface area contributed by atoms with E-state index in [1.165, 1.54) is 7.11 Å². The highest BCUT2D eigenvalue weighted by molar-refractivity contribution is 5.87. The minimum Gasteiger partial charge on any atom is -0.496 e. The standard InChI is InChI=1S/C13H17N3O5/c1-21-10-5-3-2-4-8(10)7-15-13(20)16-9(12(18)19)6-11(14)17/h2-5,9H,6-7H2,1H3,(H2,14,17)(H,18,19)(H2,15,16,20)/t9-/m0/s1. The summed E-state index contributed by atoms with van der Waals surface area (Å²) in [4.78, 5) is 33.2. The number of nitrogens with one attached hydrogen (secondary N) is 2. The molecule has 1 rings (SSSR count). The fourth-order valence-corrected chi connectivity index (χ4v) is 1.64. The lowest BCUT2D eigenvalue weighted by Crippen LogP contribution is -2.47. The Balaban J connectivity index is 2.56. The molecule has 0 aromatic heterocycles. The van der Waals surface area contributed by atoms with E-state index in [2.05, 4.69) is 10.6 Å². The van der Waals surface area contributed by atoms with Gasteiger partial charge in [0.1, 0.15) is 11.8 Å². The maximum absolute atomic E-state index is 11.6. The number of aliphatic carboxylic acids is 1. The number of para-hydroxylation sites is 1. The van der Waals surface area contributed by atoms with Gasteiger partial charge in [-0.3, -0.25) is 4.79 Å². The molecule has 8 nitrogen and oxygen atoms in total. The molecule has 0 radical (unpaired) electrons. The molecule has 0 bridgehead atoms. The maximum atomic E-state index is 11.6. The van der Waals surface area contributed by atoms with Gasteiger partial charge in [-0.05, 0) is 6.07 Å². The second kappa shape index (κ2) is 7.73. The number of carbonyl (C=O) groups is 3. The van der Waals surface area contributed by atoms with Crippen molar-refractivity contribution < 1.29 is 24.2 Å². The largest absolute Gasteiger partial charge is 0.496 e. The van der Waals surface area contributed by atoms with E-state index in [4.69, 9.17) is 15.6 Å². The molecule has 0 aliphatic carbocycles. The van der Waals surface area contributed by atoms with Crippen molar-refractivity contribution in [2.45, 2.75) is 19.0 Å². The van der Waals surface area contributed by atoms with Gasteiger partial charge in [-0.15, -0.1) is 0 Å². The van der Waals surface area contributed by atoms with Crippen LogP contribution in [0.15, 0.2) is 24.3 Å². The van der Waals surface area contributed by atoms with E-state index in [1.807, 2.05) is 0 Å². The van der Waals surface area contributed by atoms with Gasteiger partial charge in [0.2, 0.25) is 5.91 Å². The van der Waals surface area contributed by atoms with Gasteiger partial charge in [0.15, 0.2) is 0 Å². The van der Waals surface area contributed by atoms with Crippen LogP contribution in [0.2, 0.25) is 0 Å². The van der Waals surface area contributed by atoms with Crippen LogP contribution in [0.5, 0.6) is 5.75 Å². The Labute approximate surface area is 121 Å². The SMILES string of the molecule is COc1ccccc1CNC(=O)N[C@@H](CC(N)=O)C(=O)O. The van der Waals surface area contributed by atoms with E-state index in [0.717, 1.165) is 5.56 Å². The highest BCUT2D eigenvalue weighted by atomic mass is 16.5. The van der Waals surface area contributed by atoms with Gasteiger partial charge in [-0.2, -0.15) is 0 Å². The van der Waals surface area contributed by atoms with Crippen LogP contribution < -0.4 is 21.1 Å². The van der Waals surface area contributed by atoms with E-state index >= 15 is 0 Å². The van der Waals surface area contributed by atoms with E-state index < -0.39 is 30.4 Å². The Morgan fingerprint density at radius 2 is 2.00 bits per heavy atom. The molecular weight excluding hydrogens is 278 g/mol. The van der Waals surface area contributed by atoms with Gasteiger partial charge in [-0.25, -0.2) is 9.59 Å². The van der Waals surface area contributed by atoms with Crippen LogP contribution in [0.1, 0.15) is 12.0 Å². The first-order chi connectivity index (χ1) is 9.93. The quantitative estimate of drug-likeness (QED) is 0.554. The summed E-state index contributed by atoms with van der Waals surface area (Å²) in [6, 6.07) is 4.99. The van der Waals surface area contributed by atoms with Crippen molar-refractivity contribution in [1.29, 1.82) is 0 Å². The van der Waals surface area contributed by atoms with Gasteiger partial charge in [-0.1, -0.05) is 18.2 Å². The first kappa shape index (κ1) is 16.3. The summed E-state index contributed by atoms with van der Waals surface area (Å²) in [7, 11) is 1.51. The van der Waals surface area contributed by atoms with Crippen LogP contribution in [0.25, 0.3) is 0 Å². The molecule has 0 spiro atoms. The zero-order valence-electron chi connectivity index (χ0n) is 11.5.